The molecule has 3 heterocycles. The Balaban J connectivity index is 1.62. The van der Waals surface area contributed by atoms with Gasteiger partial charge in [0, 0.05) is 29.5 Å². The van der Waals surface area contributed by atoms with Gasteiger partial charge in [0.2, 0.25) is 0 Å². The molecule has 2 unspecified atom stereocenters. The summed E-state index contributed by atoms with van der Waals surface area (Å²) in [5, 5.41) is 5.99. The van der Waals surface area contributed by atoms with Crippen LogP contribution in [0.15, 0.2) is 17.5 Å². The van der Waals surface area contributed by atoms with Crippen LogP contribution in [0.3, 0.4) is 0 Å². The van der Waals surface area contributed by atoms with Gasteiger partial charge in [-0.3, -0.25) is 4.90 Å². The Kier molecular flexibility index (Phi) is 3.01. The summed E-state index contributed by atoms with van der Waals surface area (Å²) in [4.78, 5) is 4.13. The molecule has 3 rings (SSSR count). The minimum Gasteiger partial charge on any atom is -0.305 e. The van der Waals surface area contributed by atoms with E-state index in [2.05, 4.69) is 34.7 Å². The van der Waals surface area contributed by atoms with E-state index in [1.807, 2.05) is 11.3 Å². The first-order valence-electron chi connectivity index (χ1n) is 6.38. The number of fused-ring (bicyclic) bond motifs is 1. The van der Waals surface area contributed by atoms with Crippen LogP contribution in [0.4, 0.5) is 0 Å². The molecule has 1 aromatic heterocycles. The van der Waals surface area contributed by atoms with E-state index in [-0.39, 0.29) is 0 Å². The molecule has 0 radical (unpaired) electrons. The minimum absolute atomic E-state index is 0.519. The van der Waals surface area contributed by atoms with Crippen LogP contribution in [-0.4, -0.2) is 30.1 Å². The van der Waals surface area contributed by atoms with Gasteiger partial charge in [-0.05, 0) is 44.2 Å². The van der Waals surface area contributed by atoms with Gasteiger partial charge in [-0.1, -0.05) is 6.07 Å². The quantitative estimate of drug-likeness (QED) is 0.868. The van der Waals surface area contributed by atoms with Gasteiger partial charge >= 0.3 is 0 Å². The summed E-state index contributed by atoms with van der Waals surface area (Å²) >= 11 is 1.86. The van der Waals surface area contributed by atoms with Crippen LogP contribution in [-0.2, 0) is 0 Å². The molecule has 2 saturated heterocycles. The van der Waals surface area contributed by atoms with Crippen LogP contribution in [0.1, 0.15) is 37.1 Å². The van der Waals surface area contributed by atoms with E-state index in [1.165, 1.54) is 37.2 Å². The van der Waals surface area contributed by atoms with Gasteiger partial charge in [0.1, 0.15) is 0 Å². The molecule has 0 aromatic carbocycles. The van der Waals surface area contributed by atoms with Crippen molar-refractivity contribution in [3.8, 4) is 0 Å². The molecule has 1 aromatic rings. The number of thiophene rings is 1. The summed E-state index contributed by atoms with van der Waals surface area (Å²) in [6.45, 7) is 4.93. The van der Waals surface area contributed by atoms with E-state index in [1.54, 1.807) is 0 Å². The first-order chi connectivity index (χ1) is 7.84. The SMILES string of the molecule is C[C@H](NC1CCN2CCCC12)c1cccs1. The van der Waals surface area contributed by atoms with Crippen molar-refractivity contribution in [1.82, 2.24) is 10.2 Å². The smallest absolute Gasteiger partial charge is 0.0388 e. The topological polar surface area (TPSA) is 15.3 Å². The second-order valence-electron chi connectivity index (χ2n) is 5.04. The highest BCUT2D eigenvalue weighted by Crippen LogP contribution is 2.30. The van der Waals surface area contributed by atoms with E-state index in [0.717, 1.165) is 12.1 Å². The van der Waals surface area contributed by atoms with Gasteiger partial charge in [-0.2, -0.15) is 0 Å². The van der Waals surface area contributed by atoms with Crippen LogP contribution in [0, 0.1) is 0 Å². The molecule has 0 amide bonds. The van der Waals surface area contributed by atoms with Gasteiger partial charge in [-0.25, -0.2) is 0 Å². The molecule has 0 saturated carbocycles. The molecule has 2 aliphatic heterocycles. The second-order valence-corrected chi connectivity index (χ2v) is 6.02. The van der Waals surface area contributed by atoms with Gasteiger partial charge < -0.3 is 5.32 Å². The summed E-state index contributed by atoms with van der Waals surface area (Å²) in [6.07, 6.45) is 4.13. The third-order valence-corrected chi connectivity index (χ3v) is 5.10. The Labute approximate surface area is 102 Å². The molecule has 16 heavy (non-hydrogen) atoms. The molecule has 3 atom stereocenters. The summed E-state index contributed by atoms with van der Waals surface area (Å²) in [7, 11) is 0. The third kappa shape index (κ3) is 1.92. The Morgan fingerprint density at radius 3 is 3.19 bits per heavy atom. The lowest BCUT2D eigenvalue weighted by atomic mass is 10.1. The molecule has 2 aliphatic rings. The van der Waals surface area contributed by atoms with E-state index in [4.69, 9.17) is 0 Å². The van der Waals surface area contributed by atoms with Gasteiger partial charge in [-0.15, -0.1) is 11.3 Å². The van der Waals surface area contributed by atoms with E-state index < -0.39 is 0 Å². The van der Waals surface area contributed by atoms with Crippen molar-refractivity contribution in [2.75, 3.05) is 13.1 Å². The second kappa shape index (κ2) is 4.47. The minimum atomic E-state index is 0.519. The first-order valence-corrected chi connectivity index (χ1v) is 7.26. The Morgan fingerprint density at radius 2 is 2.38 bits per heavy atom. The predicted molar refractivity (Wildman–Crippen MR) is 68.9 cm³/mol. The summed E-state index contributed by atoms with van der Waals surface area (Å²) in [5.41, 5.74) is 0. The maximum atomic E-state index is 3.82. The van der Waals surface area contributed by atoms with Gasteiger partial charge in [0.05, 0.1) is 0 Å². The molecule has 2 fully saturated rings. The summed E-state index contributed by atoms with van der Waals surface area (Å²) in [6, 6.07) is 6.45. The van der Waals surface area contributed by atoms with Gasteiger partial charge in [0.25, 0.3) is 0 Å². The van der Waals surface area contributed by atoms with E-state index in [0.29, 0.717) is 6.04 Å². The lowest BCUT2D eigenvalue weighted by molar-refractivity contribution is 0.292. The highest BCUT2D eigenvalue weighted by molar-refractivity contribution is 7.10. The standard InChI is InChI=1S/C13H20N2S/c1-10(13-5-3-9-16-13)14-11-6-8-15-7-2-4-12(11)15/h3,5,9-12,14H,2,4,6-8H2,1H3/t10-,11?,12?/m0/s1. The van der Waals surface area contributed by atoms with Gasteiger partial charge in [0.15, 0.2) is 0 Å². The molecular weight excluding hydrogens is 216 g/mol. The summed E-state index contributed by atoms with van der Waals surface area (Å²) < 4.78 is 0. The lowest BCUT2D eigenvalue weighted by Crippen LogP contribution is -2.40. The highest BCUT2D eigenvalue weighted by atomic mass is 32.1. The molecule has 88 valence electrons. The number of rotatable bonds is 3. The maximum absolute atomic E-state index is 3.82. The van der Waals surface area contributed by atoms with Crippen LogP contribution in [0.2, 0.25) is 0 Å². The fraction of sp³-hybridized carbons (Fsp3) is 0.692. The average Bonchev–Trinajstić information content (AvgIpc) is 2.94. The molecule has 2 nitrogen and oxygen atoms in total. The number of nitrogens with zero attached hydrogens (tertiary/aromatic N) is 1. The lowest BCUT2D eigenvalue weighted by Gasteiger charge is -2.24. The zero-order valence-electron chi connectivity index (χ0n) is 9.86. The number of hydrogen-bond donors (Lipinski definition) is 1. The maximum Gasteiger partial charge on any atom is 0.0388 e. The largest absolute Gasteiger partial charge is 0.305 e. The van der Waals surface area contributed by atoms with E-state index >= 15 is 0 Å². The number of hydrogen-bond acceptors (Lipinski definition) is 3. The van der Waals surface area contributed by atoms with Crippen molar-refractivity contribution in [2.45, 2.75) is 44.3 Å². The average molecular weight is 236 g/mol. The van der Waals surface area contributed by atoms with Crippen LogP contribution < -0.4 is 5.32 Å². The van der Waals surface area contributed by atoms with Crippen LogP contribution >= 0.6 is 11.3 Å². The molecule has 0 aliphatic carbocycles. The molecular formula is C13H20N2S. The van der Waals surface area contributed by atoms with E-state index in [9.17, 15) is 0 Å². The Morgan fingerprint density at radius 1 is 1.44 bits per heavy atom. The molecule has 0 spiro atoms. The highest BCUT2D eigenvalue weighted by Gasteiger charge is 2.37. The van der Waals surface area contributed by atoms with Crippen LogP contribution in [0.5, 0.6) is 0 Å². The van der Waals surface area contributed by atoms with Crippen LogP contribution in [0.25, 0.3) is 0 Å². The molecule has 3 heteroatoms. The van der Waals surface area contributed by atoms with Crippen molar-refractivity contribution in [3.63, 3.8) is 0 Å². The monoisotopic (exact) mass is 236 g/mol. The normalized spacial score (nSPS) is 31.8. The Hall–Kier alpha value is -0.380. The fourth-order valence-corrected chi connectivity index (χ4v) is 3.96. The fourth-order valence-electron chi connectivity index (χ4n) is 3.22. The third-order valence-electron chi connectivity index (χ3n) is 4.04. The molecule has 1 N–H and O–H groups in total. The van der Waals surface area contributed by atoms with Crippen molar-refractivity contribution in [2.24, 2.45) is 0 Å². The zero-order chi connectivity index (χ0) is 11.0. The van der Waals surface area contributed by atoms with Crippen molar-refractivity contribution in [1.29, 1.82) is 0 Å². The summed E-state index contributed by atoms with van der Waals surface area (Å²) in [5.74, 6) is 0. The molecule has 0 bridgehead atoms. The van der Waals surface area contributed by atoms with Crippen molar-refractivity contribution in [3.05, 3.63) is 22.4 Å². The number of nitrogens with one attached hydrogen (secondary N) is 1. The first kappa shape index (κ1) is 10.8. The zero-order valence-corrected chi connectivity index (χ0v) is 10.7. The Bertz CT molecular complexity index is 336. The van der Waals surface area contributed by atoms with Crippen molar-refractivity contribution < 1.29 is 0 Å². The van der Waals surface area contributed by atoms with Crippen molar-refractivity contribution >= 4 is 11.3 Å². The predicted octanol–water partition coefficient (Wildman–Crippen LogP) is 2.64.